The zero-order valence-electron chi connectivity index (χ0n) is 16.7. The zero-order valence-corrected chi connectivity index (χ0v) is 16.7. The summed E-state index contributed by atoms with van der Waals surface area (Å²) in [4.78, 5) is 39.2. The topological polar surface area (TPSA) is 78.4 Å². The van der Waals surface area contributed by atoms with Crippen molar-refractivity contribution in [3.05, 3.63) is 112 Å². The average Bonchev–Trinajstić information content (AvgIpc) is 3.11. The Kier molecular flexibility index (Phi) is 4.52. The third-order valence-corrected chi connectivity index (χ3v) is 5.06. The van der Waals surface area contributed by atoms with Crippen molar-refractivity contribution in [1.29, 1.82) is 0 Å². The fourth-order valence-corrected chi connectivity index (χ4v) is 3.63. The van der Waals surface area contributed by atoms with E-state index >= 15 is 0 Å². The van der Waals surface area contributed by atoms with Crippen molar-refractivity contribution in [3.8, 4) is 0 Å². The van der Waals surface area contributed by atoms with Crippen LogP contribution in [-0.2, 0) is 4.79 Å². The lowest BCUT2D eigenvalue weighted by Gasteiger charge is -2.19. The van der Waals surface area contributed by atoms with Gasteiger partial charge >= 0.3 is 0 Å². The summed E-state index contributed by atoms with van der Waals surface area (Å²) < 4.78 is 0. The molecule has 1 aromatic heterocycles. The fraction of sp³-hybridized carbons (Fsp3) is 0.0400. The van der Waals surface area contributed by atoms with E-state index in [1.807, 2.05) is 60.7 Å². The molecule has 31 heavy (non-hydrogen) atoms. The summed E-state index contributed by atoms with van der Waals surface area (Å²) in [6, 6.07) is 24.3. The molecule has 0 fully saturated rings. The van der Waals surface area contributed by atoms with E-state index in [1.165, 1.54) is 0 Å². The van der Waals surface area contributed by atoms with Crippen molar-refractivity contribution in [2.75, 3.05) is 4.90 Å². The number of hydrogen-bond donors (Lipinski definition) is 1. The minimum absolute atomic E-state index is 0.241. The highest BCUT2D eigenvalue weighted by molar-refractivity contribution is 6.33. The van der Waals surface area contributed by atoms with Crippen LogP contribution in [-0.4, -0.2) is 21.7 Å². The van der Waals surface area contributed by atoms with Crippen molar-refractivity contribution in [1.82, 2.24) is 9.97 Å². The number of hydrogen-bond acceptors (Lipinski definition) is 4. The number of aliphatic imine (C=N–C) groups is 1. The quantitative estimate of drug-likeness (QED) is 0.521. The number of nitrogens with zero attached hydrogens (tertiary/aromatic N) is 3. The molecule has 0 bridgehead atoms. The van der Waals surface area contributed by atoms with Gasteiger partial charge in [-0.3, -0.25) is 14.5 Å². The Morgan fingerprint density at radius 3 is 2.35 bits per heavy atom. The summed E-state index contributed by atoms with van der Waals surface area (Å²) >= 11 is 0. The Balaban J connectivity index is 1.67. The summed E-state index contributed by atoms with van der Waals surface area (Å²) in [5, 5.41) is 0.420. The van der Waals surface area contributed by atoms with Crippen LogP contribution in [0.25, 0.3) is 17.0 Å². The Hall–Kier alpha value is -4.32. The zero-order chi connectivity index (χ0) is 21.4. The maximum absolute atomic E-state index is 13.4. The number of carbonyl (C=O) groups excluding carboxylic acids is 1. The lowest BCUT2D eigenvalue weighted by molar-refractivity contribution is -0.113. The molecule has 5 rings (SSSR count). The normalized spacial score (nSPS) is 15.0. The molecule has 0 unspecified atom stereocenters. The molecule has 6 heteroatoms. The lowest BCUT2D eigenvalue weighted by atomic mass is 10.1. The molecule has 4 aromatic rings. The van der Waals surface area contributed by atoms with Gasteiger partial charge in [0.25, 0.3) is 11.5 Å². The maximum Gasteiger partial charge on any atom is 0.282 e. The Morgan fingerprint density at radius 1 is 0.903 bits per heavy atom. The fourth-order valence-electron chi connectivity index (χ4n) is 3.63. The number of aromatic amines is 1. The van der Waals surface area contributed by atoms with Gasteiger partial charge in [-0.2, -0.15) is 0 Å². The van der Waals surface area contributed by atoms with Crippen LogP contribution in [0.5, 0.6) is 0 Å². The molecule has 1 amide bonds. The van der Waals surface area contributed by atoms with Crippen molar-refractivity contribution >= 4 is 34.4 Å². The summed E-state index contributed by atoms with van der Waals surface area (Å²) in [7, 11) is 0. The van der Waals surface area contributed by atoms with Crippen LogP contribution in [0.1, 0.15) is 17.0 Å². The van der Waals surface area contributed by atoms with Gasteiger partial charge in [0.05, 0.1) is 16.6 Å². The van der Waals surface area contributed by atoms with E-state index in [0.717, 1.165) is 11.1 Å². The number of amides is 1. The van der Waals surface area contributed by atoms with Gasteiger partial charge in [-0.05, 0) is 36.8 Å². The second-order valence-electron chi connectivity index (χ2n) is 7.24. The number of H-pyrrole nitrogens is 1. The van der Waals surface area contributed by atoms with Crippen LogP contribution >= 0.6 is 0 Å². The van der Waals surface area contributed by atoms with E-state index in [-0.39, 0.29) is 11.5 Å². The van der Waals surface area contributed by atoms with Crippen molar-refractivity contribution in [3.63, 3.8) is 0 Å². The van der Waals surface area contributed by atoms with Crippen LogP contribution in [0.15, 0.2) is 94.3 Å². The number of benzene rings is 3. The summed E-state index contributed by atoms with van der Waals surface area (Å²) in [5.74, 6) is 0.810. The molecule has 0 spiro atoms. The van der Waals surface area contributed by atoms with Crippen molar-refractivity contribution in [2.45, 2.75) is 6.92 Å². The number of nitrogens with one attached hydrogen (secondary N) is 1. The molecule has 3 aromatic carbocycles. The van der Waals surface area contributed by atoms with E-state index in [4.69, 9.17) is 0 Å². The number of amidine groups is 1. The van der Waals surface area contributed by atoms with Gasteiger partial charge in [0.2, 0.25) is 0 Å². The first-order chi connectivity index (χ1) is 15.1. The van der Waals surface area contributed by atoms with Crippen LogP contribution < -0.4 is 10.5 Å². The number of fused-ring (bicyclic) bond motifs is 1. The van der Waals surface area contributed by atoms with Crippen LogP contribution in [0.3, 0.4) is 0 Å². The molecule has 150 valence electrons. The highest BCUT2D eigenvalue weighted by atomic mass is 16.2. The monoisotopic (exact) mass is 406 g/mol. The van der Waals surface area contributed by atoms with E-state index in [1.54, 1.807) is 36.1 Å². The van der Waals surface area contributed by atoms with Gasteiger partial charge in [0, 0.05) is 5.56 Å². The number of anilines is 1. The highest BCUT2D eigenvalue weighted by Gasteiger charge is 2.32. The molecule has 0 saturated carbocycles. The minimum atomic E-state index is -0.251. The van der Waals surface area contributed by atoms with Crippen LogP contribution in [0, 0.1) is 6.92 Å². The first kappa shape index (κ1) is 18.7. The predicted molar refractivity (Wildman–Crippen MR) is 122 cm³/mol. The summed E-state index contributed by atoms with van der Waals surface area (Å²) in [5.41, 5.74) is 2.93. The van der Waals surface area contributed by atoms with E-state index in [0.29, 0.717) is 33.9 Å². The first-order valence-electron chi connectivity index (χ1n) is 9.86. The molecule has 1 aliphatic rings. The Labute approximate surface area is 178 Å². The minimum Gasteiger partial charge on any atom is -0.310 e. The maximum atomic E-state index is 13.4. The Morgan fingerprint density at radius 2 is 1.61 bits per heavy atom. The highest BCUT2D eigenvalue weighted by Crippen LogP contribution is 2.29. The number of rotatable bonds is 3. The molecule has 1 aliphatic heterocycles. The summed E-state index contributed by atoms with van der Waals surface area (Å²) in [6.07, 6.45) is 1.77. The van der Waals surface area contributed by atoms with Crippen molar-refractivity contribution in [2.24, 2.45) is 4.99 Å². The molecule has 0 atom stereocenters. The van der Waals surface area contributed by atoms with Crippen molar-refractivity contribution < 1.29 is 4.79 Å². The second-order valence-corrected chi connectivity index (χ2v) is 7.24. The molecular weight excluding hydrogens is 388 g/mol. The molecule has 1 N–H and O–H groups in total. The third-order valence-electron chi connectivity index (χ3n) is 5.06. The van der Waals surface area contributed by atoms with Crippen LogP contribution in [0.4, 0.5) is 5.69 Å². The predicted octanol–water partition coefficient (Wildman–Crippen LogP) is 4.07. The summed E-state index contributed by atoms with van der Waals surface area (Å²) in [6.45, 7) is 1.74. The first-order valence-corrected chi connectivity index (χ1v) is 9.86. The molecule has 6 nitrogen and oxygen atoms in total. The lowest BCUT2D eigenvalue weighted by Crippen LogP contribution is -2.32. The SMILES string of the molecule is Cc1nc2ccc(N3C(=O)/C(=C\c4ccccc4)N=C3c3ccccc3)cc2c(=O)[nH]1. The Bertz CT molecular complexity index is 1420. The van der Waals surface area contributed by atoms with Gasteiger partial charge in [0.1, 0.15) is 17.4 Å². The molecule has 0 aliphatic carbocycles. The molecule has 0 saturated heterocycles. The van der Waals surface area contributed by atoms with Crippen LogP contribution in [0.2, 0.25) is 0 Å². The second kappa shape index (κ2) is 7.50. The molecular formula is C25H18N4O2. The smallest absolute Gasteiger partial charge is 0.282 e. The molecule has 0 radical (unpaired) electrons. The number of aryl methyl sites for hydroxylation is 1. The van der Waals surface area contributed by atoms with E-state index < -0.39 is 0 Å². The number of aromatic nitrogens is 2. The van der Waals surface area contributed by atoms with Gasteiger partial charge < -0.3 is 4.98 Å². The third kappa shape index (κ3) is 3.44. The van der Waals surface area contributed by atoms with Gasteiger partial charge in [-0.15, -0.1) is 0 Å². The van der Waals surface area contributed by atoms with Gasteiger partial charge in [-0.1, -0.05) is 60.7 Å². The molecule has 2 heterocycles. The standard InChI is InChI=1S/C25H18N4O2/c1-16-26-21-13-12-19(15-20(21)24(30)27-16)29-23(18-10-6-3-7-11-18)28-22(25(29)31)14-17-8-4-2-5-9-17/h2-15H,1H3,(H,26,27,30)/b22-14+. The largest absolute Gasteiger partial charge is 0.310 e. The van der Waals surface area contributed by atoms with Gasteiger partial charge in [0.15, 0.2) is 0 Å². The van der Waals surface area contributed by atoms with E-state index in [2.05, 4.69) is 15.0 Å². The number of carbonyl (C=O) groups is 1. The van der Waals surface area contributed by atoms with Gasteiger partial charge in [-0.25, -0.2) is 9.98 Å². The average molecular weight is 406 g/mol. The van der Waals surface area contributed by atoms with E-state index in [9.17, 15) is 9.59 Å².